The van der Waals surface area contributed by atoms with Crippen molar-refractivity contribution in [3.8, 4) is 5.75 Å². The average Bonchev–Trinajstić information content (AvgIpc) is 3.13. The van der Waals surface area contributed by atoms with Gasteiger partial charge in [-0.1, -0.05) is 6.07 Å². The summed E-state index contributed by atoms with van der Waals surface area (Å²) >= 11 is 0. The molecule has 1 saturated heterocycles. The second-order valence-corrected chi connectivity index (χ2v) is 7.19. The van der Waals surface area contributed by atoms with E-state index in [1.165, 1.54) is 5.56 Å². The number of fused-ring (bicyclic) bond motifs is 1. The van der Waals surface area contributed by atoms with Crippen molar-refractivity contribution >= 4 is 17.5 Å². The van der Waals surface area contributed by atoms with E-state index in [4.69, 9.17) is 4.74 Å². The molecule has 4 rings (SSSR count). The number of anilines is 1. The number of carbonyl (C=O) groups excluding carboxylic acids is 2. The third kappa shape index (κ3) is 3.18. The molecule has 0 radical (unpaired) electrons. The van der Waals surface area contributed by atoms with E-state index in [1.807, 2.05) is 41.3 Å². The summed E-state index contributed by atoms with van der Waals surface area (Å²) in [5.74, 6) is 0.995. The van der Waals surface area contributed by atoms with Crippen LogP contribution in [-0.2, 0) is 11.2 Å². The Balaban J connectivity index is 1.55. The van der Waals surface area contributed by atoms with Gasteiger partial charge in [0.25, 0.3) is 5.91 Å². The molecule has 2 aliphatic heterocycles. The SMILES string of the molecule is COc1ccc2c(c1)C(C)N(C(=O)c1ccc(N3CCCC3=O)cc1)CC2. The zero-order valence-corrected chi connectivity index (χ0v) is 15.8. The van der Waals surface area contributed by atoms with Crippen LogP contribution in [0.4, 0.5) is 5.69 Å². The van der Waals surface area contributed by atoms with Crippen LogP contribution in [0.3, 0.4) is 0 Å². The molecule has 0 bridgehead atoms. The zero-order valence-electron chi connectivity index (χ0n) is 15.8. The fourth-order valence-electron chi connectivity index (χ4n) is 4.07. The summed E-state index contributed by atoms with van der Waals surface area (Å²) in [4.78, 5) is 28.7. The molecule has 1 fully saturated rings. The molecule has 140 valence electrons. The molecule has 5 nitrogen and oxygen atoms in total. The smallest absolute Gasteiger partial charge is 0.254 e. The minimum atomic E-state index is -0.00353. The lowest BCUT2D eigenvalue weighted by Gasteiger charge is -2.35. The minimum absolute atomic E-state index is 0.00353. The first kappa shape index (κ1) is 17.6. The van der Waals surface area contributed by atoms with Gasteiger partial charge in [-0.2, -0.15) is 0 Å². The summed E-state index contributed by atoms with van der Waals surface area (Å²) in [6.45, 7) is 3.52. The molecule has 2 amide bonds. The number of hydrogen-bond donors (Lipinski definition) is 0. The van der Waals surface area contributed by atoms with E-state index in [0.717, 1.165) is 36.4 Å². The van der Waals surface area contributed by atoms with Crippen LogP contribution in [-0.4, -0.2) is 36.9 Å². The van der Waals surface area contributed by atoms with Crippen LogP contribution in [0, 0.1) is 0 Å². The highest BCUT2D eigenvalue weighted by Crippen LogP contribution is 2.33. The molecule has 1 unspecified atom stereocenters. The van der Waals surface area contributed by atoms with Crippen molar-refractivity contribution in [3.05, 3.63) is 59.2 Å². The van der Waals surface area contributed by atoms with Crippen LogP contribution in [0.5, 0.6) is 5.75 Å². The number of rotatable bonds is 3. The van der Waals surface area contributed by atoms with Crippen LogP contribution >= 0.6 is 0 Å². The topological polar surface area (TPSA) is 49.9 Å². The van der Waals surface area contributed by atoms with Gasteiger partial charge in [-0.25, -0.2) is 0 Å². The largest absolute Gasteiger partial charge is 0.497 e. The Morgan fingerprint density at radius 3 is 2.52 bits per heavy atom. The summed E-state index contributed by atoms with van der Waals surface area (Å²) < 4.78 is 5.34. The Morgan fingerprint density at radius 1 is 1.07 bits per heavy atom. The molecule has 27 heavy (non-hydrogen) atoms. The van der Waals surface area contributed by atoms with Crippen molar-refractivity contribution < 1.29 is 14.3 Å². The van der Waals surface area contributed by atoms with Gasteiger partial charge < -0.3 is 14.5 Å². The van der Waals surface area contributed by atoms with Crippen LogP contribution in [0.15, 0.2) is 42.5 Å². The van der Waals surface area contributed by atoms with Gasteiger partial charge in [0.2, 0.25) is 5.91 Å². The van der Waals surface area contributed by atoms with Gasteiger partial charge >= 0.3 is 0 Å². The molecule has 5 heteroatoms. The molecule has 0 N–H and O–H groups in total. The van der Waals surface area contributed by atoms with E-state index < -0.39 is 0 Å². The van der Waals surface area contributed by atoms with Crippen molar-refractivity contribution in [2.24, 2.45) is 0 Å². The number of amides is 2. The van der Waals surface area contributed by atoms with Crippen molar-refractivity contribution in [1.29, 1.82) is 0 Å². The third-order valence-electron chi connectivity index (χ3n) is 5.65. The van der Waals surface area contributed by atoms with Crippen molar-refractivity contribution in [1.82, 2.24) is 4.90 Å². The van der Waals surface area contributed by atoms with Gasteiger partial charge in [-0.15, -0.1) is 0 Å². The highest BCUT2D eigenvalue weighted by molar-refractivity contribution is 5.97. The molecule has 1 atom stereocenters. The Labute approximate surface area is 159 Å². The molecular weight excluding hydrogens is 340 g/mol. The van der Waals surface area contributed by atoms with Gasteiger partial charge in [0.05, 0.1) is 13.2 Å². The lowest BCUT2D eigenvalue weighted by atomic mass is 9.92. The van der Waals surface area contributed by atoms with E-state index >= 15 is 0 Å². The van der Waals surface area contributed by atoms with E-state index in [0.29, 0.717) is 18.5 Å². The van der Waals surface area contributed by atoms with Crippen LogP contribution in [0.25, 0.3) is 0 Å². The van der Waals surface area contributed by atoms with Gasteiger partial charge in [-0.05, 0) is 67.3 Å². The van der Waals surface area contributed by atoms with Crippen LogP contribution in [0.2, 0.25) is 0 Å². The quantitative estimate of drug-likeness (QED) is 0.836. The fraction of sp³-hybridized carbons (Fsp3) is 0.364. The predicted octanol–water partition coefficient (Wildman–Crippen LogP) is 3.58. The zero-order chi connectivity index (χ0) is 19.0. The normalized spacial score (nSPS) is 19.2. The number of hydrogen-bond acceptors (Lipinski definition) is 3. The third-order valence-corrected chi connectivity index (χ3v) is 5.65. The molecule has 0 saturated carbocycles. The van der Waals surface area contributed by atoms with E-state index in [2.05, 4.69) is 13.0 Å². The first-order chi connectivity index (χ1) is 13.1. The number of carbonyl (C=O) groups is 2. The molecular formula is C22H24N2O3. The maximum Gasteiger partial charge on any atom is 0.254 e. The summed E-state index contributed by atoms with van der Waals surface area (Å²) in [5, 5.41) is 0. The molecule has 2 aliphatic rings. The number of benzene rings is 2. The van der Waals surface area contributed by atoms with Crippen molar-refractivity contribution in [2.45, 2.75) is 32.2 Å². The summed E-state index contributed by atoms with van der Waals surface area (Å²) in [6, 6.07) is 13.5. The van der Waals surface area contributed by atoms with Gasteiger partial charge in [-0.3, -0.25) is 9.59 Å². The average molecular weight is 364 g/mol. The van der Waals surface area contributed by atoms with Gasteiger partial charge in [0, 0.05) is 30.8 Å². The second-order valence-electron chi connectivity index (χ2n) is 7.19. The standard InChI is InChI=1S/C22H24N2O3/c1-15-20-14-19(27-2)10-7-16(20)11-13-23(15)22(26)17-5-8-18(9-6-17)24-12-3-4-21(24)25/h5-10,14-15H,3-4,11-13H2,1-2H3. The molecule has 2 heterocycles. The number of ether oxygens (including phenoxy) is 1. The Hall–Kier alpha value is -2.82. The molecule has 2 aromatic carbocycles. The van der Waals surface area contributed by atoms with E-state index in [-0.39, 0.29) is 17.9 Å². The van der Waals surface area contributed by atoms with Gasteiger partial charge in [0.15, 0.2) is 0 Å². The van der Waals surface area contributed by atoms with E-state index in [9.17, 15) is 9.59 Å². The van der Waals surface area contributed by atoms with Crippen LogP contribution < -0.4 is 9.64 Å². The Morgan fingerprint density at radius 2 is 1.85 bits per heavy atom. The maximum absolute atomic E-state index is 13.1. The maximum atomic E-state index is 13.1. The van der Waals surface area contributed by atoms with Crippen LogP contribution in [0.1, 0.15) is 47.3 Å². The molecule has 2 aromatic rings. The monoisotopic (exact) mass is 364 g/mol. The first-order valence-electron chi connectivity index (χ1n) is 9.46. The molecule has 0 aliphatic carbocycles. The summed E-state index contributed by atoms with van der Waals surface area (Å²) in [5.41, 5.74) is 3.95. The fourth-order valence-corrected chi connectivity index (χ4v) is 4.07. The summed E-state index contributed by atoms with van der Waals surface area (Å²) in [6.07, 6.45) is 2.35. The van der Waals surface area contributed by atoms with Crippen molar-refractivity contribution in [3.63, 3.8) is 0 Å². The predicted molar refractivity (Wildman–Crippen MR) is 104 cm³/mol. The lowest BCUT2D eigenvalue weighted by Crippen LogP contribution is -2.38. The molecule has 0 spiro atoms. The van der Waals surface area contributed by atoms with Crippen molar-refractivity contribution in [2.75, 3.05) is 25.1 Å². The highest BCUT2D eigenvalue weighted by Gasteiger charge is 2.29. The Bertz CT molecular complexity index is 876. The Kier molecular flexibility index (Phi) is 4.60. The number of nitrogens with zero attached hydrogens (tertiary/aromatic N) is 2. The first-order valence-corrected chi connectivity index (χ1v) is 9.46. The number of methoxy groups -OCH3 is 1. The minimum Gasteiger partial charge on any atom is -0.497 e. The molecule has 0 aromatic heterocycles. The second kappa shape index (κ2) is 7.06. The highest BCUT2D eigenvalue weighted by atomic mass is 16.5. The summed E-state index contributed by atoms with van der Waals surface area (Å²) in [7, 11) is 1.66. The lowest BCUT2D eigenvalue weighted by molar-refractivity contribution is -0.117. The van der Waals surface area contributed by atoms with Gasteiger partial charge in [0.1, 0.15) is 5.75 Å². The van der Waals surface area contributed by atoms with E-state index in [1.54, 1.807) is 12.0 Å².